The van der Waals surface area contributed by atoms with Gasteiger partial charge in [0.05, 0.1) is 54.4 Å². The van der Waals surface area contributed by atoms with Gasteiger partial charge < -0.3 is 25.0 Å². The maximum atomic E-state index is 13.8. The Morgan fingerprint density at radius 3 is 1.92 bits per heavy atom. The van der Waals surface area contributed by atoms with Gasteiger partial charge >= 0.3 is 24.5 Å². The summed E-state index contributed by atoms with van der Waals surface area (Å²) < 4.78 is 129. The number of halogens is 9. The number of hydrogen-bond acceptors (Lipinski definition) is 8. The van der Waals surface area contributed by atoms with Crippen molar-refractivity contribution in [2.45, 2.75) is 44.5 Å². The average molecular weight is 708 g/mol. The van der Waals surface area contributed by atoms with Gasteiger partial charge in [-0.25, -0.2) is 9.97 Å². The van der Waals surface area contributed by atoms with Gasteiger partial charge in [0.25, 0.3) is 0 Å². The van der Waals surface area contributed by atoms with E-state index in [1.807, 2.05) is 4.90 Å². The second kappa shape index (κ2) is 15.4. The van der Waals surface area contributed by atoms with Crippen molar-refractivity contribution < 1.29 is 58.9 Å². The second-order valence-corrected chi connectivity index (χ2v) is 11.0. The normalized spacial score (nSPS) is 14.2. The summed E-state index contributed by atoms with van der Waals surface area (Å²) in [5.41, 5.74) is -4.74. The van der Waals surface area contributed by atoms with Crippen LogP contribution in [0.2, 0.25) is 0 Å². The van der Waals surface area contributed by atoms with E-state index in [1.165, 1.54) is 12.4 Å². The molecule has 1 fully saturated rings. The summed E-state index contributed by atoms with van der Waals surface area (Å²) in [6.45, 7) is 0.447. The highest BCUT2D eigenvalue weighted by Crippen LogP contribution is 2.37. The standard InChI is InChI=1S/C31H30F9N5O4/c32-29(33,34)21-1-2-25(26(46)3-5-41-6-4-27(47)48)20(13-21)18-45(28-42-15-24(16-43-28)44-7-9-49-10-8-44)17-19-11-22(30(35,36)37)14-23(12-19)31(38,39)40/h1-2,11-16,41H,3-10,17-18H2,(H,47,48). The molecular weight excluding hydrogens is 677 g/mol. The van der Waals surface area contributed by atoms with Crippen molar-refractivity contribution in [2.75, 3.05) is 49.2 Å². The number of ketones is 1. The van der Waals surface area contributed by atoms with Gasteiger partial charge in [-0.05, 0) is 41.5 Å². The zero-order chi connectivity index (χ0) is 36.0. The third kappa shape index (κ3) is 10.5. The molecule has 18 heteroatoms. The summed E-state index contributed by atoms with van der Waals surface area (Å²) in [6.07, 6.45) is -13.0. The van der Waals surface area contributed by atoms with Crippen molar-refractivity contribution in [1.82, 2.24) is 15.3 Å². The molecule has 2 N–H and O–H groups in total. The molecule has 0 atom stereocenters. The number of hydrogen-bond donors (Lipinski definition) is 2. The minimum Gasteiger partial charge on any atom is -0.481 e. The number of benzene rings is 2. The topological polar surface area (TPSA) is 108 Å². The number of carboxylic acid groups (broad SMARTS) is 1. The van der Waals surface area contributed by atoms with Crippen LogP contribution >= 0.6 is 0 Å². The number of aliphatic carboxylic acids is 1. The Balaban J connectivity index is 1.75. The number of Topliss-reactive ketones (excluding diaryl/α,β-unsaturated/α-hetero) is 1. The molecule has 9 nitrogen and oxygen atoms in total. The number of carbonyl (C=O) groups excluding carboxylic acids is 1. The molecule has 266 valence electrons. The molecule has 0 saturated carbocycles. The summed E-state index contributed by atoms with van der Waals surface area (Å²) in [7, 11) is 0. The third-order valence-electron chi connectivity index (χ3n) is 7.44. The number of aromatic nitrogens is 2. The van der Waals surface area contributed by atoms with Crippen molar-refractivity contribution in [3.63, 3.8) is 0 Å². The van der Waals surface area contributed by atoms with Gasteiger partial charge in [0.15, 0.2) is 5.78 Å². The molecule has 2 heterocycles. The van der Waals surface area contributed by atoms with E-state index in [2.05, 4.69) is 15.3 Å². The van der Waals surface area contributed by atoms with Crippen LogP contribution in [0, 0.1) is 0 Å². The van der Waals surface area contributed by atoms with E-state index in [-0.39, 0.29) is 49.1 Å². The Bertz CT molecular complexity index is 1570. The first-order valence-electron chi connectivity index (χ1n) is 14.8. The highest BCUT2D eigenvalue weighted by atomic mass is 19.4. The van der Waals surface area contributed by atoms with Gasteiger partial charge in [0.2, 0.25) is 5.95 Å². The first kappa shape index (κ1) is 37.4. The van der Waals surface area contributed by atoms with Crippen LogP contribution in [0.4, 0.5) is 51.1 Å². The van der Waals surface area contributed by atoms with Gasteiger partial charge in [-0.2, -0.15) is 39.5 Å². The highest BCUT2D eigenvalue weighted by Gasteiger charge is 2.37. The fraction of sp³-hybridized carbons (Fsp3) is 0.419. The molecule has 0 spiro atoms. The summed E-state index contributed by atoms with van der Waals surface area (Å²) >= 11 is 0. The lowest BCUT2D eigenvalue weighted by Gasteiger charge is -2.29. The lowest BCUT2D eigenvalue weighted by atomic mass is 9.97. The quantitative estimate of drug-likeness (QED) is 0.122. The van der Waals surface area contributed by atoms with E-state index < -0.39 is 65.6 Å². The number of carboxylic acids is 1. The van der Waals surface area contributed by atoms with E-state index in [4.69, 9.17) is 9.84 Å². The highest BCUT2D eigenvalue weighted by molar-refractivity contribution is 5.97. The molecule has 0 unspecified atom stereocenters. The first-order valence-corrected chi connectivity index (χ1v) is 14.8. The SMILES string of the molecule is O=C(O)CCNCCC(=O)c1ccc(C(F)(F)F)cc1CN(Cc1cc(C(F)(F)F)cc(C(F)(F)F)c1)c1ncc(N2CCOCC2)cn1. The van der Waals surface area contributed by atoms with Crippen LogP contribution in [0.1, 0.15) is 51.0 Å². The smallest absolute Gasteiger partial charge is 0.416 e. The third-order valence-corrected chi connectivity index (χ3v) is 7.44. The lowest BCUT2D eigenvalue weighted by molar-refractivity contribution is -0.143. The lowest BCUT2D eigenvalue weighted by Crippen LogP contribution is -2.36. The van der Waals surface area contributed by atoms with Crippen LogP contribution in [0.15, 0.2) is 48.8 Å². The molecule has 4 rings (SSSR count). The molecule has 49 heavy (non-hydrogen) atoms. The van der Waals surface area contributed by atoms with Crippen LogP contribution in [0.25, 0.3) is 0 Å². The molecule has 0 radical (unpaired) electrons. The second-order valence-electron chi connectivity index (χ2n) is 11.0. The number of nitrogens with zero attached hydrogens (tertiary/aromatic N) is 4. The zero-order valence-corrected chi connectivity index (χ0v) is 25.6. The Labute approximate surface area is 273 Å². The molecule has 2 aromatic carbocycles. The molecular formula is C31H30F9N5O4. The van der Waals surface area contributed by atoms with E-state index in [9.17, 15) is 49.1 Å². The number of alkyl halides is 9. The molecule has 1 aromatic heterocycles. The number of carbonyl (C=O) groups is 2. The Morgan fingerprint density at radius 1 is 0.796 bits per heavy atom. The molecule has 1 aliphatic heterocycles. The fourth-order valence-electron chi connectivity index (χ4n) is 5.03. The number of anilines is 2. The largest absolute Gasteiger partial charge is 0.481 e. The van der Waals surface area contributed by atoms with Crippen molar-refractivity contribution in [1.29, 1.82) is 0 Å². The molecule has 0 amide bonds. The van der Waals surface area contributed by atoms with Crippen molar-refractivity contribution in [2.24, 2.45) is 0 Å². The zero-order valence-electron chi connectivity index (χ0n) is 25.6. The number of morpholine rings is 1. The monoisotopic (exact) mass is 707 g/mol. The van der Waals surface area contributed by atoms with Crippen molar-refractivity contribution in [3.05, 3.63) is 82.2 Å². The van der Waals surface area contributed by atoms with E-state index in [0.29, 0.717) is 56.3 Å². The maximum absolute atomic E-state index is 13.8. The number of ether oxygens (including phenoxy) is 1. The van der Waals surface area contributed by atoms with Crippen molar-refractivity contribution >= 4 is 23.4 Å². The van der Waals surface area contributed by atoms with Gasteiger partial charge in [-0.1, -0.05) is 6.07 Å². The van der Waals surface area contributed by atoms with Crippen LogP contribution in [-0.4, -0.2) is 66.2 Å². The molecule has 0 aliphatic carbocycles. The van der Waals surface area contributed by atoms with Crippen LogP contribution in [-0.2, 0) is 41.1 Å². The molecule has 0 bridgehead atoms. The molecule has 1 saturated heterocycles. The Kier molecular flexibility index (Phi) is 11.7. The van der Waals surface area contributed by atoms with E-state index in [0.717, 1.165) is 11.0 Å². The van der Waals surface area contributed by atoms with Gasteiger partial charge in [-0.15, -0.1) is 0 Å². The minimum absolute atomic E-state index is 0.0188. The summed E-state index contributed by atoms with van der Waals surface area (Å²) in [6, 6.07) is 3.22. The first-order chi connectivity index (χ1) is 22.9. The minimum atomic E-state index is -5.16. The van der Waals surface area contributed by atoms with E-state index in [1.54, 1.807) is 0 Å². The fourth-order valence-corrected chi connectivity index (χ4v) is 5.03. The predicted molar refractivity (Wildman–Crippen MR) is 157 cm³/mol. The van der Waals surface area contributed by atoms with Crippen molar-refractivity contribution in [3.8, 4) is 0 Å². The number of rotatable bonds is 13. The van der Waals surface area contributed by atoms with Crippen LogP contribution in [0.5, 0.6) is 0 Å². The average Bonchev–Trinajstić information content (AvgIpc) is 3.03. The molecule has 1 aliphatic rings. The van der Waals surface area contributed by atoms with E-state index >= 15 is 0 Å². The van der Waals surface area contributed by atoms with Crippen LogP contribution in [0.3, 0.4) is 0 Å². The Morgan fingerprint density at radius 2 is 1.37 bits per heavy atom. The van der Waals surface area contributed by atoms with Gasteiger partial charge in [-0.3, -0.25) is 9.59 Å². The summed E-state index contributed by atoms with van der Waals surface area (Å²) in [4.78, 5) is 35.3. The number of nitrogens with one attached hydrogen (secondary N) is 1. The summed E-state index contributed by atoms with van der Waals surface area (Å²) in [5, 5.41) is 11.5. The van der Waals surface area contributed by atoms with Gasteiger partial charge in [0, 0.05) is 51.3 Å². The molecule has 3 aromatic rings. The van der Waals surface area contributed by atoms with Gasteiger partial charge in [0.1, 0.15) is 0 Å². The predicted octanol–water partition coefficient (Wildman–Crippen LogP) is 6.21. The Hall–Kier alpha value is -4.45. The van der Waals surface area contributed by atoms with Crippen LogP contribution < -0.4 is 15.1 Å². The maximum Gasteiger partial charge on any atom is 0.416 e. The summed E-state index contributed by atoms with van der Waals surface area (Å²) in [5.74, 6) is -1.98.